The van der Waals surface area contributed by atoms with Crippen molar-refractivity contribution < 1.29 is 18.4 Å². The van der Waals surface area contributed by atoms with Gasteiger partial charge in [-0.2, -0.15) is 0 Å². The zero-order valence-corrected chi connectivity index (χ0v) is 16.0. The number of hydrogen-bond acceptors (Lipinski definition) is 4. The molecule has 28 heavy (non-hydrogen) atoms. The maximum Gasteiger partial charge on any atom is 0.274 e. The molecular weight excluding hydrogens is 359 g/mol. The van der Waals surface area contributed by atoms with E-state index in [4.69, 9.17) is 9.26 Å². The third kappa shape index (κ3) is 3.09. The highest BCUT2D eigenvalue weighted by Crippen LogP contribution is 2.55. The Bertz CT molecular complexity index is 872. The van der Waals surface area contributed by atoms with E-state index in [9.17, 15) is 9.18 Å². The topological polar surface area (TPSA) is 64.4 Å². The van der Waals surface area contributed by atoms with Crippen molar-refractivity contribution >= 4 is 5.91 Å². The molecule has 6 rings (SSSR count). The van der Waals surface area contributed by atoms with Gasteiger partial charge in [-0.3, -0.25) is 4.79 Å². The lowest BCUT2D eigenvalue weighted by Gasteiger charge is -2.56. The molecule has 6 heteroatoms. The fourth-order valence-electron chi connectivity index (χ4n) is 6.02. The van der Waals surface area contributed by atoms with Gasteiger partial charge in [0.25, 0.3) is 5.91 Å². The molecule has 2 aromatic rings. The van der Waals surface area contributed by atoms with Crippen LogP contribution in [-0.4, -0.2) is 16.6 Å². The van der Waals surface area contributed by atoms with E-state index in [0.717, 1.165) is 37.0 Å². The smallest absolute Gasteiger partial charge is 0.274 e. The van der Waals surface area contributed by atoms with Gasteiger partial charge in [-0.15, -0.1) is 0 Å². The lowest BCUT2D eigenvalue weighted by Crippen LogP contribution is -2.60. The highest BCUT2D eigenvalue weighted by atomic mass is 19.1. The predicted octanol–water partition coefficient (Wildman–Crippen LogP) is 4.40. The summed E-state index contributed by atoms with van der Waals surface area (Å²) >= 11 is 0. The van der Waals surface area contributed by atoms with Gasteiger partial charge in [-0.1, -0.05) is 17.3 Å². The highest BCUT2D eigenvalue weighted by molar-refractivity contribution is 5.94. The first-order valence-corrected chi connectivity index (χ1v) is 10.2. The van der Waals surface area contributed by atoms with Crippen LogP contribution in [-0.2, 0) is 6.61 Å². The van der Waals surface area contributed by atoms with E-state index in [0.29, 0.717) is 11.3 Å². The summed E-state index contributed by atoms with van der Waals surface area (Å²) in [5.41, 5.74) is 0.734. The summed E-state index contributed by atoms with van der Waals surface area (Å²) in [4.78, 5) is 13.1. The molecule has 4 saturated carbocycles. The van der Waals surface area contributed by atoms with Gasteiger partial charge in [0.2, 0.25) is 0 Å². The van der Waals surface area contributed by atoms with E-state index in [1.54, 1.807) is 25.1 Å². The molecule has 0 saturated heterocycles. The quantitative estimate of drug-likeness (QED) is 0.830. The molecule has 1 aromatic heterocycles. The lowest BCUT2D eigenvalue weighted by atomic mass is 9.53. The second-order valence-electron chi connectivity index (χ2n) is 8.94. The highest BCUT2D eigenvalue weighted by Gasteiger charge is 2.51. The second kappa shape index (κ2) is 6.61. The zero-order valence-electron chi connectivity index (χ0n) is 16.0. The minimum Gasteiger partial charge on any atom is -0.486 e. The third-order valence-corrected chi connectivity index (χ3v) is 6.83. The van der Waals surface area contributed by atoms with Gasteiger partial charge >= 0.3 is 0 Å². The number of carbonyl (C=O) groups excluding carboxylic acids is 1. The standard InChI is InChI=1S/C22H25FN2O3/c1-13-17(12-27-19-5-3-2-4-18(19)23)20(25-28-13)21(26)24-22-9-14-6-15(10-22)8-16(7-14)11-22/h2-5,14-16H,6-12H2,1H3,(H,24,26). The molecule has 0 atom stereocenters. The number of aryl methyl sites for hydroxylation is 1. The van der Waals surface area contributed by atoms with E-state index >= 15 is 0 Å². The van der Waals surface area contributed by atoms with E-state index in [2.05, 4.69) is 10.5 Å². The number of rotatable bonds is 5. The number of para-hydroxylation sites is 1. The molecule has 0 unspecified atom stereocenters. The summed E-state index contributed by atoms with van der Waals surface area (Å²) in [7, 11) is 0. The van der Waals surface area contributed by atoms with Crippen molar-refractivity contribution in [2.75, 3.05) is 0 Å². The average Bonchev–Trinajstić information content (AvgIpc) is 3.00. The summed E-state index contributed by atoms with van der Waals surface area (Å²) in [5, 5.41) is 7.30. The Morgan fingerprint density at radius 1 is 1.21 bits per heavy atom. The van der Waals surface area contributed by atoms with Crippen molar-refractivity contribution in [3.8, 4) is 5.75 Å². The molecule has 0 radical (unpaired) electrons. The van der Waals surface area contributed by atoms with Crippen molar-refractivity contribution in [2.24, 2.45) is 17.8 Å². The molecule has 4 aliphatic rings. The number of amides is 1. The first kappa shape index (κ1) is 17.7. The number of carbonyl (C=O) groups is 1. The molecule has 1 heterocycles. The zero-order chi connectivity index (χ0) is 19.3. The molecule has 148 valence electrons. The minimum absolute atomic E-state index is 0.0416. The van der Waals surface area contributed by atoms with Crippen molar-refractivity contribution in [1.29, 1.82) is 0 Å². The Morgan fingerprint density at radius 3 is 2.50 bits per heavy atom. The molecule has 0 aliphatic heterocycles. The average molecular weight is 384 g/mol. The van der Waals surface area contributed by atoms with Crippen LogP contribution in [0.3, 0.4) is 0 Å². The monoisotopic (exact) mass is 384 g/mol. The Balaban J connectivity index is 1.33. The number of aromatic nitrogens is 1. The number of hydrogen-bond donors (Lipinski definition) is 1. The Morgan fingerprint density at radius 2 is 1.86 bits per heavy atom. The Labute approximate surface area is 163 Å². The number of benzene rings is 1. The molecule has 0 spiro atoms. The SMILES string of the molecule is Cc1onc(C(=O)NC23CC4CC(CC(C4)C2)C3)c1COc1ccccc1F. The number of ether oxygens (including phenoxy) is 1. The summed E-state index contributed by atoms with van der Waals surface area (Å²) in [6, 6.07) is 6.22. The fourth-order valence-corrected chi connectivity index (χ4v) is 6.02. The molecule has 4 aliphatic carbocycles. The number of nitrogens with zero attached hydrogens (tertiary/aromatic N) is 1. The molecule has 1 N–H and O–H groups in total. The van der Waals surface area contributed by atoms with Gasteiger partial charge in [0.15, 0.2) is 17.3 Å². The van der Waals surface area contributed by atoms with Gasteiger partial charge in [0.05, 0.1) is 5.56 Å². The summed E-state index contributed by atoms with van der Waals surface area (Å²) in [6.07, 6.45) is 7.17. The van der Waals surface area contributed by atoms with Gasteiger partial charge in [-0.25, -0.2) is 4.39 Å². The van der Waals surface area contributed by atoms with Crippen molar-refractivity contribution in [2.45, 2.75) is 57.6 Å². The van der Waals surface area contributed by atoms with Crippen LogP contribution in [0.25, 0.3) is 0 Å². The second-order valence-corrected chi connectivity index (χ2v) is 8.94. The Hall–Kier alpha value is -2.37. The largest absolute Gasteiger partial charge is 0.486 e. The summed E-state index contributed by atoms with van der Waals surface area (Å²) < 4.78 is 24.7. The van der Waals surface area contributed by atoms with E-state index < -0.39 is 5.82 Å². The number of nitrogens with one attached hydrogen (secondary N) is 1. The van der Waals surface area contributed by atoms with Crippen molar-refractivity contribution in [3.05, 3.63) is 47.1 Å². The normalized spacial score (nSPS) is 30.4. The molecular formula is C22H25FN2O3. The lowest BCUT2D eigenvalue weighted by molar-refractivity contribution is -0.0168. The van der Waals surface area contributed by atoms with Gasteiger partial charge < -0.3 is 14.6 Å². The van der Waals surface area contributed by atoms with Crippen LogP contribution in [0.5, 0.6) is 5.75 Å². The molecule has 1 aromatic carbocycles. The summed E-state index contributed by atoms with van der Waals surface area (Å²) in [6.45, 7) is 1.79. The van der Waals surface area contributed by atoms with Crippen LogP contribution in [0.15, 0.2) is 28.8 Å². The van der Waals surface area contributed by atoms with Gasteiger partial charge in [0, 0.05) is 5.54 Å². The van der Waals surface area contributed by atoms with E-state index in [1.807, 2.05) is 0 Å². The minimum atomic E-state index is -0.434. The van der Waals surface area contributed by atoms with E-state index in [-0.39, 0.29) is 29.5 Å². The maximum atomic E-state index is 13.8. The van der Waals surface area contributed by atoms with Gasteiger partial charge in [-0.05, 0) is 75.3 Å². The number of halogens is 1. The fraction of sp³-hybridized carbons (Fsp3) is 0.545. The maximum absolute atomic E-state index is 13.8. The van der Waals surface area contributed by atoms with Crippen LogP contribution in [0.2, 0.25) is 0 Å². The predicted molar refractivity (Wildman–Crippen MR) is 100 cm³/mol. The Kier molecular flexibility index (Phi) is 4.18. The van der Waals surface area contributed by atoms with Crippen LogP contribution in [0.4, 0.5) is 4.39 Å². The molecule has 1 amide bonds. The molecule has 5 nitrogen and oxygen atoms in total. The third-order valence-electron chi connectivity index (χ3n) is 6.83. The van der Waals surface area contributed by atoms with Crippen molar-refractivity contribution in [3.63, 3.8) is 0 Å². The van der Waals surface area contributed by atoms with Crippen LogP contribution in [0.1, 0.15) is 60.3 Å². The van der Waals surface area contributed by atoms with Crippen LogP contribution < -0.4 is 10.1 Å². The molecule has 4 fully saturated rings. The summed E-state index contributed by atoms with van der Waals surface area (Å²) in [5.74, 6) is 2.27. The van der Waals surface area contributed by atoms with Crippen LogP contribution >= 0.6 is 0 Å². The first-order valence-electron chi connectivity index (χ1n) is 10.2. The van der Waals surface area contributed by atoms with Crippen molar-refractivity contribution in [1.82, 2.24) is 10.5 Å². The van der Waals surface area contributed by atoms with Crippen LogP contribution in [0, 0.1) is 30.5 Å². The van der Waals surface area contributed by atoms with E-state index in [1.165, 1.54) is 25.3 Å². The molecule has 4 bridgehead atoms. The first-order chi connectivity index (χ1) is 13.5. The van der Waals surface area contributed by atoms with Gasteiger partial charge in [0.1, 0.15) is 12.4 Å².